The van der Waals surface area contributed by atoms with E-state index in [2.05, 4.69) is 0 Å². The van der Waals surface area contributed by atoms with Gasteiger partial charge in [0.2, 0.25) is 0 Å². The van der Waals surface area contributed by atoms with Crippen LogP contribution in [0.4, 0.5) is 8.78 Å². The van der Waals surface area contributed by atoms with Crippen molar-refractivity contribution >= 4 is 28.6 Å². The fourth-order valence-corrected chi connectivity index (χ4v) is 1.16. The minimum atomic E-state index is -2.95. The van der Waals surface area contributed by atoms with Crippen LogP contribution in [0.2, 0.25) is 0 Å². The lowest BCUT2D eigenvalue weighted by atomic mass is 10.1. The van der Waals surface area contributed by atoms with E-state index >= 15 is 0 Å². The lowest BCUT2D eigenvalue weighted by Crippen LogP contribution is -2.03. The van der Waals surface area contributed by atoms with Crippen LogP contribution >= 0.6 is 22.6 Å². The quantitative estimate of drug-likeness (QED) is 0.673. The van der Waals surface area contributed by atoms with E-state index in [-0.39, 0.29) is 11.1 Å². The van der Waals surface area contributed by atoms with Gasteiger partial charge in [-0.3, -0.25) is 0 Å². The highest BCUT2D eigenvalue weighted by atomic mass is 127. The minimum Gasteiger partial charge on any atom is -0.478 e. The molecule has 13 heavy (non-hydrogen) atoms. The average molecular weight is 298 g/mol. The molecule has 0 unspecified atom stereocenters. The van der Waals surface area contributed by atoms with Crippen molar-refractivity contribution < 1.29 is 18.7 Å². The van der Waals surface area contributed by atoms with Gasteiger partial charge in [0.05, 0.1) is 5.56 Å². The molecule has 2 nitrogen and oxygen atoms in total. The van der Waals surface area contributed by atoms with Gasteiger partial charge >= 0.3 is 9.90 Å². The Morgan fingerprint density at radius 1 is 1.31 bits per heavy atom. The highest BCUT2D eigenvalue weighted by molar-refractivity contribution is 14.1. The third kappa shape index (κ3) is 2.61. The minimum absolute atomic E-state index is 0.00407. The Balaban J connectivity index is 3.01. The summed E-state index contributed by atoms with van der Waals surface area (Å²) in [7, 11) is 0. The Morgan fingerprint density at radius 2 is 1.77 bits per heavy atom. The van der Waals surface area contributed by atoms with Gasteiger partial charge in [0.15, 0.2) is 0 Å². The van der Waals surface area contributed by atoms with Gasteiger partial charge in [-0.2, -0.15) is 8.78 Å². The normalized spacial score (nSPS) is 11.3. The molecule has 0 heterocycles. The van der Waals surface area contributed by atoms with Crippen molar-refractivity contribution in [3.05, 3.63) is 35.4 Å². The lowest BCUT2D eigenvalue weighted by Gasteiger charge is -2.07. The van der Waals surface area contributed by atoms with E-state index in [1.807, 2.05) is 0 Å². The van der Waals surface area contributed by atoms with Crippen LogP contribution in [0.5, 0.6) is 0 Å². The molecule has 5 heteroatoms. The number of carboxylic acids is 1. The van der Waals surface area contributed by atoms with Crippen molar-refractivity contribution in [2.24, 2.45) is 0 Å². The summed E-state index contributed by atoms with van der Waals surface area (Å²) < 4.78 is 22.3. The molecule has 0 aliphatic carbocycles. The van der Waals surface area contributed by atoms with E-state index < -0.39 is 9.90 Å². The maximum absolute atomic E-state index is 12.6. The Labute approximate surface area is 86.7 Å². The molecule has 0 atom stereocenters. The second kappa shape index (κ2) is 3.57. The maximum Gasteiger partial charge on any atom is 0.335 e. The second-order valence-corrected chi connectivity index (χ2v) is 3.74. The van der Waals surface area contributed by atoms with Gasteiger partial charge in [-0.1, -0.05) is 12.1 Å². The van der Waals surface area contributed by atoms with Crippen LogP contribution in [0.1, 0.15) is 15.9 Å². The topological polar surface area (TPSA) is 37.3 Å². The molecule has 0 radical (unpaired) electrons. The SMILES string of the molecule is O=C(O)c1ccc(C(F)(F)I)cc1. The second-order valence-electron chi connectivity index (χ2n) is 2.38. The van der Waals surface area contributed by atoms with Crippen LogP contribution in [-0.4, -0.2) is 11.1 Å². The third-order valence-electron chi connectivity index (χ3n) is 1.46. The zero-order valence-corrected chi connectivity index (χ0v) is 8.46. The number of rotatable bonds is 2. The molecule has 0 saturated heterocycles. The summed E-state index contributed by atoms with van der Waals surface area (Å²) in [6.07, 6.45) is 0. The summed E-state index contributed by atoms with van der Waals surface area (Å²) in [4.78, 5) is 10.4. The van der Waals surface area contributed by atoms with Gasteiger partial charge in [-0.05, 0) is 12.1 Å². The largest absolute Gasteiger partial charge is 0.478 e. The average Bonchev–Trinajstić information content (AvgIpc) is 2.03. The molecule has 0 amide bonds. The van der Waals surface area contributed by atoms with Crippen molar-refractivity contribution in [1.82, 2.24) is 0 Å². The third-order valence-corrected chi connectivity index (χ3v) is 2.08. The smallest absolute Gasteiger partial charge is 0.335 e. The highest BCUT2D eigenvalue weighted by Gasteiger charge is 2.26. The number of hydrogen-bond acceptors (Lipinski definition) is 1. The Bertz CT molecular complexity index is 316. The first-order valence-corrected chi connectivity index (χ1v) is 4.39. The molecule has 1 aromatic carbocycles. The summed E-state index contributed by atoms with van der Waals surface area (Å²) in [6.45, 7) is 0. The molecule has 0 aliphatic rings. The number of carbonyl (C=O) groups is 1. The van der Waals surface area contributed by atoms with Crippen LogP contribution in [0.25, 0.3) is 0 Å². The maximum atomic E-state index is 12.6. The monoisotopic (exact) mass is 298 g/mol. The van der Waals surface area contributed by atoms with Crippen molar-refractivity contribution in [1.29, 1.82) is 0 Å². The highest BCUT2D eigenvalue weighted by Crippen LogP contribution is 2.34. The van der Waals surface area contributed by atoms with Crippen molar-refractivity contribution in [3.8, 4) is 0 Å². The van der Waals surface area contributed by atoms with Crippen LogP contribution in [0.3, 0.4) is 0 Å². The van der Waals surface area contributed by atoms with Gasteiger partial charge in [0.1, 0.15) is 0 Å². The van der Waals surface area contributed by atoms with Crippen molar-refractivity contribution in [2.45, 2.75) is 3.93 Å². The zero-order valence-electron chi connectivity index (χ0n) is 6.30. The molecule has 0 spiro atoms. The molecule has 70 valence electrons. The Kier molecular flexibility index (Phi) is 2.84. The van der Waals surface area contributed by atoms with Crippen LogP contribution in [0.15, 0.2) is 24.3 Å². The number of aromatic carboxylic acids is 1. The van der Waals surface area contributed by atoms with Gasteiger partial charge in [0.25, 0.3) is 0 Å². The van der Waals surface area contributed by atoms with E-state index in [9.17, 15) is 13.6 Å². The standard InChI is InChI=1S/C8H5F2IO2/c9-8(10,11)6-3-1-5(2-4-6)7(12)13/h1-4H,(H,12,13). The molecule has 1 aromatic rings. The summed E-state index contributed by atoms with van der Waals surface area (Å²) in [5, 5.41) is 8.49. The van der Waals surface area contributed by atoms with Gasteiger partial charge in [0, 0.05) is 28.2 Å². The summed E-state index contributed by atoms with van der Waals surface area (Å²) in [6, 6.07) is 4.53. The summed E-state index contributed by atoms with van der Waals surface area (Å²) in [5.74, 6) is -1.12. The summed E-state index contributed by atoms with van der Waals surface area (Å²) in [5.41, 5.74) is -0.192. The predicted molar refractivity (Wildman–Crippen MR) is 51.3 cm³/mol. The van der Waals surface area contributed by atoms with Crippen molar-refractivity contribution in [3.63, 3.8) is 0 Å². The number of hydrogen-bond donors (Lipinski definition) is 1. The molecule has 1 rings (SSSR count). The van der Waals surface area contributed by atoms with E-state index in [1.165, 1.54) is 0 Å². The predicted octanol–water partition coefficient (Wildman–Crippen LogP) is 2.87. The van der Waals surface area contributed by atoms with E-state index in [1.54, 1.807) is 0 Å². The fraction of sp³-hybridized carbons (Fsp3) is 0.125. The van der Waals surface area contributed by atoms with Crippen LogP contribution in [0, 0.1) is 0 Å². The molecule has 0 fully saturated rings. The zero-order chi connectivity index (χ0) is 10.1. The van der Waals surface area contributed by atoms with Crippen LogP contribution in [-0.2, 0) is 3.93 Å². The van der Waals surface area contributed by atoms with Gasteiger partial charge in [-0.15, -0.1) is 0 Å². The molecule has 1 N–H and O–H groups in total. The molecule has 0 bridgehead atoms. The lowest BCUT2D eigenvalue weighted by molar-refractivity contribution is 0.0696. The van der Waals surface area contributed by atoms with E-state index in [0.29, 0.717) is 0 Å². The number of carboxylic acid groups (broad SMARTS) is 1. The Morgan fingerprint density at radius 3 is 2.08 bits per heavy atom. The van der Waals surface area contributed by atoms with Gasteiger partial charge < -0.3 is 5.11 Å². The Hall–Kier alpha value is -0.720. The molecule has 0 aromatic heterocycles. The van der Waals surface area contributed by atoms with Crippen molar-refractivity contribution in [2.75, 3.05) is 0 Å². The number of benzene rings is 1. The number of halogens is 3. The van der Waals surface area contributed by atoms with Gasteiger partial charge in [-0.25, -0.2) is 4.79 Å². The first-order chi connectivity index (χ1) is 5.91. The first-order valence-electron chi connectivity index (χ1n) is 3.32. The molecule has 0 saturated carbocycles. The molecular weight excluding hydrogens is 293 g/mol. The number of alkyl halides is 3. The van der Waals surface area contributed by atoms with E-state index in [4.69, 9.17) is 5.11 Å². The molecular formula is C8H5F2IO2. The van der Waals surface area contributed by atoms with Crippen LogP contribution < -0.4 is 0 Å². The fourth-order valence-electron chi connectivity index (χ4n) is 0.802. The first kappa shape index (κ1) is 10.4. The summed E-state index contributed by atoms with van der Waals surface area (Å²) >= 11 is 0.991. The van der Waals surface area contributed by atoms with E-state index in [0.717, 1.165) is 46.9 Å². The molecule has 0 aliphatic heterocycles.